The second-order valence-electron chi connectivity index (χ2n) is 5.16. The van der Waals surface area contributed by atoms with Gasteiger partial charge in [-0.25, -0.2) is 0 Å². The van der Waals surface area contributed by atoms with Crippen LogP contribution in [0.2, 0.25) is 0 Å². The molecule has 0 bridgehead atoms. The number of hydrogen-bond acceptors (Lipinski definition) is 4. The Kier molecular flexibility index (Phi) is 5.36. The third kappa shape index (κ3) is 4.61. The maximum atomic E-state index is 11.2. The summed E-state index contributed by atoms with van der Waals surface area (Å²) in [6, 6.07) is -0.0605. The molecule has 1 fully saturated rings. The van der Waals surface area contributed by atoms with Crippen molar-refractivity contribution in [2.24, 2.45) is 0 Å². The Morgan fingerprint density at radius 3 is 2.71 bits per heavy atom. The molecule has 1 aliphatic rings. The Morgan fingerprint density at radius 1 is 1.53 bits per heavy atom. The molecule has 0 saturated carbocycles. The molecule has 100 valence electrons. The summed E-state index contributed by atoms with van der Waals surface area (Å²) >= 11 is 0. The number of aliphatic carboxylic acids is 1. The molecule has 17 heavy (non-hydrogen) atoms. The summed E-state index contributed by atoms with van der Waals surface area (Å²) in [6.45, 7) is 10.0. The summed E-state index contributed by atoms with van der Waals surface area (Å²) in [7, 11) is 0. The van der Waals surface area contributed by atoms with E-state index in [4.69, 9.17) is 4.74 Å². The smallest absolute Gasteiger partial charge is 0.322 e. The van der Waals surface area contributed by atoms with E-state index >= 15 is 0 Å². The highest BCUT2D eigenvalue weighted by Crippen LogP contribution is 2.11. The molecule has 2 N–H and O–H groups in total. The Balaban J connectivity index is 2.55. The van der Waals surface area contributed by atoms with Gasteiger partial charge in [0.15, 0.2) is 0 Å². The van der Waals surface area contributed by atoms with Crippen LogP contribution in [0.5, 0.6) is 0 Å². The van der Waals surface area contributed by atoms with Gasteiger partial charge in [-0.3, -0.25) is 9.69 Å². The molecule has 0 spiro atoms. The number of ether oxygens (including phenoxy) is 1. The van der Waals surface area contributed by atoms with E-state index in [1.807, 2.05) is 20.8 Å². The number of carbonyl (C=O) groups is 1. The van der Waals surface area contributed by atoms with Gasteiger partial charge < -0.3 is 15.2 Å². The number of nitrogens with zero attached hydrogens (tertiary/aromatic N) is 1. The number of hydrogen-bond donors (Lipinski definition) is 2. The average Bonchev–Trinajstić information content (AvgIpc) is 2.21. The van der Waals surface area contributed by atoms with Crippen molar-refractivity contribution in [3.63, 3.8) is 0 Å². The van der Waals surface area contributed by atoms with Crippen molar-refractivity contribution in [3.05, 3.63) is 0 Å². The first-order chi connectivity index (χ1) is 7.90. The third-order valence-corrected chi connectivity index (χ3v) is 2.99. The topological polar surface area (TPSA) is 61.8 Å². The lowest BCUT2D eigenvalue weighted by molar-refractivity contribution is -0.141. The minimum atomic E-state index is -0.787. The lowest BCUT2D eigenvalue weighted by atomic mass is 10.1. The van der Waals surface area contributed by atoms with Crippen LogP contribution in [0, 0.1) is 0 Å². The van der Waals surface area contributed by atoms with E-state index in [-0.39, 0.29) is 18.2 Å². The molecule has 1 heterocycles. The third-order valence-electron chi connectivity index (χ3n) is 2.99. The van der Waals surface area contributed by atoms with Crippen molar-refractivity contribution in [3.8, 4) is 0 Å². The molecule has 5 nitrogen and oxygen atoms in total. The van der Waals surface area contributed by atoms with Gasteiger partial charge in [-0.05, 0) is 13.8 Å². The van der Waals surface area contributed by atoms with Crippen molar-refractivity contribution in [1.82, 2.24) is 10.2 Å². The Bertz CT molecular complexity index is 258. The van der Waals surface area contributed by atoms with Gasteiger partial charge in [0.05, 0.1) is 12.7 Å². The molecule has 1 saturated heterocycles. The van der Waals surface area contributed by atoms with Crippen LogP contribution in [-0.2, 0) is 9.53 Å². The number of nitrogens with one attached hydrogen (secondary N) is 1. The van der Waals surface area contributed by atoms with Gasteiger partial charge >= 0.3 is 5.97 Å². The van der Waals surface area contributed by atoms with E-state index in [2.05, 4.69) is 17.1 Å². The molecule has 0 radical (unpaired) electrons. The largest absolute Gasteiger partial charge is 0.480 e. The quantitative estimate of drug-likeness (QED) is 0.739. The summed E-state index contributed by atoms with van der Waals surface area (Å²) in [4.78, 5) is 13.4. The van der Waals surface area contributed by atoms with Gasteiger partial charge in [-0.15, -0.1) is 0 Å². The van der Waals surface area contributed by atoms with E-state index in [1.54, 1.807) is 0 Å². The van der Waals surface area contributed by atoms with E-state index in [9.17, 15) is 9.90 Å². The molecule has 0 aromatic rings. The fourth-order valence-electron chi connectivity index (χ4n) is 2.07. The lowest BCUT2D eigenvalue weighted by Gasteiger charge is -2.38. The van der Waals surface area contributed by atoms with Crippen molar-refractivity contribution in [2.75, 3.05) is 19.7 Å². The van der Waals surface area contributed by atoms with E-state index < -0.39 is 12.0 Å². The molecular weight excluding hydrogens is 220 g/mol. The fourth-order valence-corrected chi connectivity index (χ4v) is 2.07. The SMILES string of the molecule is CC(C)NC(CN1CC(C)OCC1C)C(=O)O. The Hall–Kier alpha value is -0.650. The molecule has 0 aliphatic carbocycles. The van der Waals surface area contributed by atoms with Crippen molar-refractivity contribution in [2.45, 2.75) is 51.9 Å². The maximum Gasteiger partial charge on any atom is 0.322 e. The normalized spacial score (nSPS) is 28.3. The highest BCUT2D eigenvalue weighted by molar-refractivity contribution is 5.73. The fraction of sp³-hybridized carbons (Fsp3) is 0.917. The summed E-state index contributed by atoms with van der Waals surface area (Å²) in [5.74, 6) is -0.787. The second kappa shape index (κ2) is 6.33. The molecule has 5 heteroatoms. The highest BCUT2D eigenvalue weighted by Gasteiger charge is 2.28. The number of rotatable bonds is 5. The molecule has 3 atom stereocenters. The Morgan fingerprint density at radius 2 is 2.18 bits per heavy atom. The van der Waals surface area contributed by atoms with Gasteiger partial charge in [-0.2, -0.15) is 0 Å². The summed E-state index contributed by atoms with van der Waals surface area (Å²) < 4.78 is 5.53. The minimum Gasteiger partial charge on any atom is -0.480 e. The van der Waals surface area contributed by atoms with Crippen LogP contribution in [0.3, 0.4) is 0 Å². The van der Waals surface area contributed by atoms with Crippen LogP contribution < -0.4 is 5.32 Å². The summed E-state index contributed by atoms with van der Waals surface area (Å²) in [5.41, 5.74) is 0. The zero-order valence-electron chi connectivity index (χ0n) is 11.1. The first-order valence-corrected chi connectivity index (χ1v) is 6.24. The molecule has 3 unspecified atom stereocenters. The van der Waals surface area contributed by atoms with Crippen LogP contribution in [0.1, 0.15) is 27.7 Å². The molecule has 1 aliphatic heterocycles. The zero-order valence-corrected chi connectivity index (χ0v) is 11.1. The summed E-state index contributed by atoms with van der Waals surface area (Å²) in [5, 5.41) is 12.3. The highest BCUT2D eigenvalue weighted by atomic mass is 16.5. The van der Waals surface area contributed by atoms with Crippen molar-refractivity contribution >= 4 is 5.97 Å². The van der Waals surface area contributed by atoms with Gasteiger partial charge in [-0.1, -0.05) is 13.8 Å². The molecule has 0 amide bonds. The van der Waals surface area contributed by atoms with Gasteiger partial charge in [0.25, 0.3) is 0 Å². The number of carboxylic acids is 1. The van der Waals surface area contributed by atoms with Crippen LogP contribution >= 0.6 is 0 Å². The molecule has 0 aromatic carbocycles. The maximum absolute atomic E-state index is 11.2. The van der Waals surface area contributed by atoms with Gasteiger partial charge in [0.2, 0.25) is 0 Å². The van der Waals surface area contributed by atoms with Crippen LogP contribution in [0.4, 0.5) is 0 Å². The predicted octanol–water partition coefficient (Wildman–Crippen LogP) is 0.547. The lowest BCUT2D eigenvalue weighted by Crippen LogP contribution is -2.55. The van der Waals surface area contributed by atoms with Crippen molar-refractivity contribution < 1.29 is 14.6 Å². The monoisotopic (exact) mass is 244 g/mol. The number of carboxylic acid groups (broad SMARTS) is 1. The van der Waals surface area contributed by atoms with Crippen LogP contribution in [0.25, 0.3) is 0 Å². The zero-order chi connectivity index (χ0) is 13.0. The molecule has 1 rings (SSSR count). The molecule has 0 aromatic heterocycles. The van der Waals surface area contributed by atoms with Crippen LogP contribution in [-0.4, -0.2) is 59.9 Å². The first kappa shape index (κ1) is 14.4. The summed E-state index contributed by atoms with van der Waals surface area (Å²) in [6.07, 6.45) is 0.180. The van der Waals surface area contributed by atoms with Crippen molar-refractivity contribution in [1.29, 1.82) is 0 Å². The van der Waals surface area contributed by atoms with E-state index in [1.165, 1.54) is 0 Å². The number of morpholine rings is 1. The van der Waals surface area contributed by atoms with Crippen LogP contribution in [0.15, 0.2) is 0 Å². The second-order valence-corrected chi connectivity index (χ2v) is 5.16. The molecular formula is C12H24N2O3. The predicted molar refractivity (Wildman–Crippen MR) is 66.1 cm³/mol. The minimum absolute atomic E-state index is 0.171. The van der Waals surface area contributed by atoms with E-state index in [0.717, 1.165) is 6.54 Å². The first-order valence-electron chi connectivity index (χ1n) is 6.24. The van der Waals surface area contributed by atoms with Gasteiger partial charge in [0, 0.05) is 25.2 Å². The van der Waals surface area contributed by atoms with Gasteiger partial charge in [0.1, 0.15) is 6.04 Å². The van der Waals surface area contributed by atoms with E-state index in [0.29, 0.717) is 13.2 Å². The standard InChI is InChI=1S/C12H24N2O3/c1-8(2)13-11(12(15)16)6-14-5-10(4)17-7-9(14)3/h8-11,13H,5-7H2,1-4H3,(H,15,16). The average molecular weight is 244 g/mol. The Labute approximate surface area is 103 Å².